The lowest BCUT2D eigenvalue weighted by Crippen LogP contribution is -2.21. The van der Waals surface area contributed by atoms with Gasteiger partial charge in [-0.3, -0.25) is 4.79 Å². The molecule has 98 valence electrons. The van der Waals surface area contributed by atoms with Crippen LogP contribution < -0.4 is 4.90 Å². The van der Waals surface area contributed by atoms with Crippen molar-refractivity contribution < 1.29 is 4.79 Å². The molecule has 0 saturated heterocycles. The zero-order valence-corrected chi connectivity index (χ0v) is 11.5. The predicted octanol–water partition coefficient (Wildman–Crippen LogP) is 3.16. The molecule has 0 atom stereocenters. The molecule has 0 aliphatic heterocycles. The average Bonchev–Trinajstić information content (AvgIpc) is 2.46. The number of para-hydroxylation sites is 1. The van der Waals surface area contributed by atoms with Crippen LogP contribution in [0.1, 0.15) is 10.4 Å². The molecule has 0 aliphatic carbocycles. The summed E-state index contributed by atoms with van der Waals surface area (Å²) in [6.45, 7) is 0. The van der Waals surface area contributed by atoms with E-state index in [0.29, 0.717) is 5.56 Å². The van der Waals surface area contributed by atoms with E-state index in [0.717, 1.165) is 11.4 Å². The number of carbonyl (C=O) groups is 1. The maximum Gasteiger partial charge on any atom is 0.253 e. The molecule has 0 aromatic heterocycles. The summed E-state index contributed by atoms with van der Waals surface area (Å²) in [6, 6.07) is 17.8. The van der Waals surface area contributed by atoms with Crippen molar-refractivity contribution in [1.82, 2.24) is 4.90 Å². The van der Waals surface area contributed by atoms with Gasteiger partial charge in [0.2, 0.25) is 0 Å². The number of rotatable bonds is 3. The summed E-state index contributed by atoms with van der Waals surface area (Å²) >= 11 is 0. The van der Waals surface area contributed by atoms with Gasteiger partial charge in [0.15, 0.2) is 0 Å². The van der Waals surface area contributed by atoms with Crippen molar-refractivity contribution in [2.45, 2.75) is 0 Å². The van der Waals surface area contributed by atoms with Crippen molar-refractivity contribution in [2.24, 2.45) is 0 Å². The highest BCUT2D eigenvalue weighted by molar-refractivity contribution is 5.94. The van der Waals surface area contributed by atoms with Crippen LogP contribution in [-0.2, 0) is 0 Å². The second kappa shape index (κ2) is 5.57. The van der Waals surface area contributed by atoms with Crippen molar-refractivity contribution in [3.8, 4) is 0 Å². The number of anilines is 2. The van der Waals surface area contributed by atoms with Crippen molar-refractivity contribution in [3.63, 3.8) is 0 Å². The summed E-state index contributed by atoms with van der Waals surface area (Å²) in [5.74, 6) is 0.0221. The first-order valence-electron chi connectivity index (χ1n) is 6.20. The lowest BCUT2D eigenvalue weighted by Gasteiger charge is -2.20. The minimum Gasteiger partial charge on any atom is -0.345 e. The summed E-state index contributed by atoms with van der Waals surface area (Å²) in [5.41, 5.74) is 2.88. The van der Waals surface area contributed by atoms with Crippen molar-refractivity contribution in [1.29, 1.82) is 0 Å². The Morgan fingerprint density at radius 1 is 0.789 bits per heavy atom. The van der Waals surface area contributed by atoms with Gasteiger partial charge in [-0.15, -0.1) is 0 Å². The Labute approximate surface area is 114 Å². The van der Waals surface area contributed by atoms with Gasteiger partial charge in [-0.1, -0.05) is 18.2 Å². The fourth-order valence-electron chi connectivity index (χ4n) is 1.89. The molecule has 3 heteroatoms. The number of amides is 1. The van der Waals surface area contributed by atoms with Gasteiger partial charge in [0.25, 0.3) is 5.91 Å². The molecule has 0 heterocycles. The van der Waals surface area contributed by atoms with E-state index in [1.807, 2.05) is 49.5 Å². The molecule has 0 unspecified atom stereocenters. The monoisotopic (exact) mass is 254 g/mol. The van der Waals surface area contributed by atoms with Crippen molar-refractivity contribution in [2.75, 3.05) is 26.0 Å². The molecule has 0 aliphatic rings. The number of benzene rings is 2. The van der Waals surface area contributed by atoms with E-state index in [9.17, 15) is 4.79 Å². The summed E-state index contributed by atoms with van der Waals surface area (Å²) in [4.78, 5) is 15.5. The average molecular weight is 254 g/mol. The third kappa shape index (κ3) is 2.94. The first-order valence-corrected chi connectivity index (χ1v) is 6.20. The van der Waals surface area contributed by atoms with Crippen LogP contribution in [0.3, 0.4) is 0 Å². The summed E-state index contributed by atoms with van der Waals surface area (Å²) in [7, 11) is 5.52. The van der Waals surface area contributed by atoms with Crippen LogP contribution in [0.2, 0.25) is 0 Å². The zero-order valence-electron chi connectivity index (χ0n) is 11.5. The molecule has 2 aromatic rings. The smallest absolute Gasteiger partial charge is 0.253 e. The van der Waals surface area contributed by atoms with Gasteiger partial charge < -0.3 is 9.80 Å². The fraction of sp³-hybridized carbons (Fsp3) is 0.188. The Hall–Kier alpha value is -2.29. The molecule has 0 radical (unpaired) electrons. The summed E-state index contributed by atoms with van der Waals surface area (Å²) < 4.78 is 0. The molecule has 2 rings (SSSR count). The van der Waals surface area contributed by atoms with Gasteiger partial charge in [-0.05, 0) is 36.4 Å². The highest BCUT2D eigenvalue weighted by Gasteiger charge is 2.08. The Balaban J connectivity index is 2.21. The van der Waals surface area contributed by atoms with E-state index in [2.05, 4.69) is 17.0 Å². The highest BCUT2D eigenvalue weighted by atomic mass is 16.2. The molecule has 19 heavy (non-hydrogen) atoms. The first-order chi connectivity index (χ1) is 9.09. The van der Waals surface area contributed by atoms with Gasteiger partial charge in [0.1, 0.15) is 0 Å². The van der Waals surface area contributed by atoms with Crippen LogP contribution in [0.4, 0.5) is 11.4 Å². The van der Waals surface area contributed by atoms with Crippen LogP contribution in [-0.4, -0.2) is 32.0 Å². The van der Waals surface area contributed by atoms with E-state index in [1.165, 1.54) is 0 Å². The molecule has 3 nitrogen and oxygen atoms in total. The molecule has 0 spiro atoms. The molecule has 1 amide bonds. The van der Waals surface area contributed by atoms with Gasteiger partial charge in [-0.25, -0.2) is 0 Å². The molecule has 0 N–H and O–H groups in total. The number of nitrogens with zero attached hydrogens (tertiary/aromatic N) is 2. The molecular weight excluding hydrogens is 236 g/mol. The molecule has 0 bridgehead atoms. The Bertz CT molecular complexity index is 547. The highest BCUT2D eigenvalue weighted by Crippen LogP contribution is 2.23. The van der Waals surface area contributed by atoms with Gasteiger partial charge in [0.05, 0.1) is 0 Å². The Morgan fingerprint density at radius 3 is 1.84 bits per heavy atom. The third-order valence-electron chi connectivity index (χ3n) is 3.05. The van der Waals surface area contributed by atoms with E-state index in [1.54, 1.807) is 19.0 Å². The molecule has 2 aromatic carbocycles. The number of hydrogen-bond donors (Lipinski definition) is 0. The number of carbonyl (C=O) groups excluding carboxylic acids is 1. The standard InChI is InChI=1S/C16H18N2O/c1-17(2)16(19)13-9-11-15(12-10-13)18(3)14-7-5-4-6-8-14/h4-12H,1-3H3. The zero-order chi connectivity index (χ0) is 13.8. The lowest BCUT2D eigenvalue weighted by atomic mass is 10.1. The maximum atomic E-state index is 11.8. The second-order valence-corrected chi connectivity index (χ2v) is 4.64. The minimum atomic E-state index is 0.0221. The Kier molecular flexibility index (Phi) is 3.85. The lowest BCUT2D eigenvalue weighted by molar-refractivity contribution is 0.0827. The van der Waals surface area contributed by atoms with E-state index in [-0.39, 0.29) is 5.91 Å². The SMILES string of the molecule is CN(C)C(=O)c1ccc(N(C)c2ccccc2)cc1. The van der Waals surface area contributed by atoms with Crippen LogP contribution in [0.25, 0.3) is 0 Å². The quantitative estimate of drug-likeness (QED) is 0.840. The topological polar surface area (TPSA) is 23.6 Å². The van der Waals surface area contributed by atoms with Gasteiger partial charge in [0, 0.05) is 38.1 Å². The van der Waals surface area contributed by atoms with Crippen molar-refractivity contribution >= 4 is 17.3 Å². The third-order valence-corrected chi connectivity index (χ3v) is 3.05. The fourth-order valence-corrected chi connectivity index (χ4v) is 1.89. The predicted molar refractivity (Wildman–Crippen MR) is 79.0 cm³/mol. The molecular formula is C16H18N2O. The maximum absolute atomic E-state index is 11.8. The van der Waals surface area contributed by atoms with Crippen LogP contribution in [0.5, 0.6) is 0 Å². The van der Waals surface area contributed by atoms with Crippen molar-refractivity contribution in [3.05, 3.63) is 60.2 Å². The van der Waals surface area contributed by atoms with E-state index < -0.39 is 0 Å². The summed E-state index contributed by atoms with van der Waals surface area (Å²) in [5, 5.41) is 0. The molecule has 0 fully saturated rings. The van der Waals surface area contributed by atoms with Crippen LogP contribution >= 0.6 is 0 Å². The van der Waals surface area contributed by atoms with Crippen LogP contribution in [0, 0.1) is 0 Å². The normalized spacial score (nSPS) is 10.1. The van der Waals surface area contributed by atoms with E-state index >= 15 is 0 Å². The molecule has 0 saturated carbocycles. The Morgan fingerprint density at radius 2 is 1.32 bits per heavy atom. The minimum absolute atomic E-state index is 0.0221. The van der Waals surface area contributed by atoms with Gasteiger partial charge >= 0.3 is 0 Å². The van der Waals surface area contributed by atoms with Gasteiger partial charge in [-0.2, -0.15) is 0 Å². The summed E-state index contributed by atoms with van der Waals surface area (Å²) in [6.07, 6.45) is 0. The second-order valence-electron chi connectivity index (χ2n) is 4.64. The van der Waals surface area contributed by atoms with Crippen LogP contribution in [0.15, 0.2) is 54.6 Å². The largest absolute Gasteiger partial charge is 0.345 e. The van der Waals surface area contributed by atoms with E-state index in [4.69, 9.17) is 0 Å². The number of hydrogen-bond acceptors (Lipinski definition) is 2. The first kappa shape index (κ1) is 13.1.